The van der Waals surface area contributed by atoms with Crippen molar-refractivity contribution in [2.45, 2.75) is 116 Å². The molecule has 3 heteroatoms. The number of hydrogen-bond acceptors (Lipinski definition) is 2. The summed E-state index contributed by atoms with van der Waals surface area (Å²) < 4.78 is 0. The highest BCUT2D eigenvalue weighted by Crippen LogP contribution is 2.32. The van der Waals surface area contributed by atoms with Crippen LogP contribution in [0.3, 0.4) is 0 Å². The van der Waals surface area contributed by atoms with E-state index in [2.05, 4.69) is 23.8 Å². The van der Waals surface area contributed by atoms with E-state index in [1.165, 1.54) is 142 Å². The first-order valence-electron chi connectivity index (χ1n) is 13.2. The summed E-state index contributed by atoms with van der Waals surface area (Å²) in [5.41, 5.74) is 0. The number of likely N-dealkylation sites (tertiary alicyclic amines) is 2. The van der Waals surface area contributed by atoms with Crippen molar-refractivity contribution in [2.24, 2.45) is 11.8 Å². The lowest BCUT2D eigenvalue weighted by Crippen LogP contribution is -2.40. The highest BCUT2D eigenvalue weighted by atomic mass is 35.5. The fourth-order valence-electron chi connectivity index (χ4n) is 5.50. The lowest BCUT2D eigenvalue weighted by atomic mass is 9.79. The summed E-state index contributed by atoms with van der Waals surface area (Å²) in [6, 6.07) is 0. The molecule has 2 fully saturated rings. The quantitative estimate of drug-likeness (QED) is 0.248. The topological polar surface area (TPSA) is 6.48 Å². The molecule has 2 saturated heterocycles. The third-order valence-corrected chi connectivity index (χ3v) is 7.64. The monoisotopic (exact) mass is 428 g/mol. The molecule has 2 rings (SSSR count). The number of hydrogen-bond donors (Lipinski definition) is 0. The second-order valence-electron chi connectivity index (χ2n) is 10.1. The number of piperidine rings is 2. The van der Waals surface area contributed by atoms with Crippen LogP contribution >= 0.6 is 12.4 Å². The van der Waals surface area contributed by atoms with Crippen molar-refractivity contribution >= 4 is 12.4 Å². The Balaban J connectivity index is 0.00000420. The Labute approximate surface area is 190 Å². The van der Waals surface area contributed by atoms with Crippen LogP contribution in [0.15, 0.2) is 0 Å². The number of nitrogens with zero attached hydrogens (tertiary/aromatic N) is 2. The molecule has 2 heterocycles. The first kappa shape index (κ1) is 27.2. The summed E-state index contributed by atoms with van der Waals surface area (Å²) in [7, 11) is 2.29. The minimum Gasteiger partial charge on any atom is -0.306 e. The lowest BCUT2D eigenvalue weighted by molar-refractivity contribution is 0.104. The van der Waals surface area contributed by atoms with Gasteiger partial charge in [0, 0.05) is 0 Å². The third-order valence-electron chi connectivity index (χ3n) is 7.64. The minimum atomic E-state index is 0. The van der Waals surface area contributed by atoms with Crippen LogP contribution in [0, 0.1) is 11.8 Å². The summed E-state index contributed by atoms with van der Waals surface area (Å²) >= 11 is 0. The Morgan fingerprint density at radius 3 is 1.38 bits per heavy atom. The molecule has 0 N–H and O–H groups in total. The molecule has 0 spiro atoms. The van der Waals surface area contributed by atoms with Crippen LogP contribution in [0.25, 0.3) is 0 Å². The first-order valence-corrected chi connectivity index (χ1v) is 13.2. The standard InChI is InChI=1S/C26H52N2.ClH/c1-3-4-5-6-7-8-9-10-11-12-13-14-15-20-28-23-18-26(19-24-28)25-16-21-27(2)22-17-25;/h25-26H,3-24H2,1-2H3;1H. The van der Waals surface area contributed by atoms with E-state index < -0.39 is 0 Å². The van der Waals surface area contributed by atoms with Gasteiger partial charge in [0.15, 0.2) is 0 Å². The fraction of sp³-hybridized carbons (Fsp3) is 1.00. The van der Waals surface area contributed by atoms with Gasteiger partial charge >= 0.3 is 0 Å². The normalized spacial score (nSPS) is 20.1. The predicted octanol–water partition coefficient (Wildman–Crippen LogP) is 7.55. The van der Waals surface area contributed by atoms with Gasteiger partial charge in [-0.3, -0.25) is 0 Å². The van der Waals surface area contributed by atoms with E-state index >= 15 is 0 Å². The highest BCUT2D eigenvalue weighted by molar-refractivity contribution is 5.85. The van der Waals surface area contributed by atoms with Gasteiger partial charge < -0.3 is 9.80 Å². The SMILES string of the molecule is CCCCCCCCCCCCCCCN1CCC(C2CCN(C)CC2)CC1.Cl. The second kappa shape index (κ2) is 17.8. The van der Waals surface area contributed by atoms with Gasteiger partial charge in [0.2, 0.25) is 0 Å². The van der Waals surface area contributed by atoms with Crippen molar-refractivity contribution < 1.29 is 0 Å². The number of halogens is 1. The zero-order chi connectivity index (χ0) is 19.9. The Morgan fingerprint density at radius 2 is 0.931 bits per heavy atom. The number of rotatable bonds is 15. The molecule has 0 amide bonds. The van der Waals surface area contributed by atoms with Gasteiger partial charge in [-0.15, -0.1) is 12.4 Å². The van der Waals surface area contributed by atoms with E-state index in [9.17, 15) is 0 Å². The molecule has 0 radical (unpaired) electrons. The van der Waals surface area contributed by atoms with Crippen LogP contribution < -0.4 is 0 Å². The molecular formula is C26H53ClN2. The van der Waals surface area contributed by atoms with Crippen LogP contribution in [-0.2, 0) is 0 Å². The highest BCUT2D eigenvalue weighted by Gasteiger charge is 2.28. The van der Waals surface area contributed by atoms with Crippen LogP contribution in [0.5, 0.6) is 0 Å². The van der Waals surface area contributed by atoms with Gasteiger partial charge in [-0.05, 0) is 83.7 Å². The summed E-state index contributed by atoms with van der Waals surface area (Å²) in [6.07, 6.45) is 24.9. The van der Waals surface area contributed by atoms with Gasteiger partial charge in [0.1, 0.15) is 0 Å². The van der Waals surface area contributed by atoms with Gasteiger partial charge in [-0.1, -0.05) is 84.0 Å². The molecule has 174 valence electrons. The Kier molecular flexibility index (Phi) is 16.8. The second-order valence-corrected chi connectivity index (χ2v) is 10.1. The zero-order valence-electron chi connectivity index (χ0n) is 20.0. The molecule has 0 aromatic carbocycles. The maximum Gasteiger partial charge on any atom is -0.00160 e. The molecule has 0 aliphatic carbocycles. The molecular weight excluding hydrogens is 376 g/mol. The largest absolute Gasteiger partial charge is 0.306 e. The molecule has 2 aliphatic heterocycles. The van der Waals surface area contributed by atoms with Crippen molar-refractivity contribution in [1.29, 1.82) is 0 Å². The van der Waals surface area contributed by atoms with Gasteiger partial charge in [-0.2, -0.15) is 0 Å². The van der Waals surface area contributed by atoms with Crippen molar-refractivity contribution in [3.05, 3.63) is 0 Å². The van der Waals surface area contributed by atoms with E-state index in [-0.39, 0.29) is 12.4 Å². The molecule has 0 unspecified atom stereocenters. The summed E-state index contributed by atoms with van der Waals surface area (Å²) in [4.78, 5) is 5.28. The molecule has 0 atom stereocenters. The zero-order valence-corrected chi connectivity index (χ0v) is 20.8. The smallest absolute Gasteiger partial charge is 0.00160 e. The third kappa shape index (κ3) is 12.6. The summed E-state index contributed by atoms with van der Waals surface area (Å²) in [5, 5.41) is 0. The van der Waals surface area contributed by atoms with Gasteiger partial charge in [0.05, 0.1) is 0 Å². The van der Waals surface area contributed by atoms with Crippen LogP contribution in [0.1, 0.15) is 116 Å². The maximum atomic E-state index is 2.77. The number of unbranched alkanes of at least 4 members (excludes halogenated alkanes) is 12. The van der Waals surface area contributed by atoms with E-state index in [0.29, 0.717) is 0 Å². The van der Waals surface area contributed by atoms with E-state index in [1.54, 1.807) is 0 Å². The molecule has 0 aromatic rings. The summed E-state index contributed by atoms with van der Waals surface area (Å²) in [5.74, 6) is 2.08. The van der Waals surface area contributed by atoms with Crippen LogP contribution in [0.2, 0.25) is 0 Å². The lowest BCUT2D eigenvalue weighted by Gasteiger charge is -2.39. The minimum absolute atomic E-state index is 0. The van der Waals surface area contributed by atoms with Crippen molar-refractivity contribution in [2.75, 3.05) is 39.8 Å². The molecule has 2 aliphatic rings. The molecule has 0 aromatic heterocycles. The molecule has 2 nitrogen and oxygen atoms in total. The van der Waals surface area contributed by atoms with E-state index in [0.717, 1.165) is 11.8 Å². The fourth-order valence-corrected chi connectivity index (χ4v) is 5.50. The van der Waals surface area contributed by atoms with E-state index in [4.69, 9.17) is 0 Å². The summed E-state index contributed by atoms with van der Waals surface area (Å²) in [6.45, 7) is 9.12. The van der Waals surface area contributed by atoms with Gasteiger partial charge in [-0.25, -0.2) is 0 Å². The molecule has 0 saturated carbocycles. The maximum absolute atomic E-state index is 2.77. The average Bonchev–Trinajstić information content (AvgIpc) is 2.72. The first-order chi connectivity index (χ1) is 13.8. The molecule has 0 bridgehead atoms. The van der Waals surface area contributed by atoms with Crippen molar-refractivity contribution in [3.8, 4) is 0 Å². The predicted molar refractivity (Wildman–Crippen MR) is 132 cm³/mol. The van der Waals surface area contributed by atoms with Crippen molar-refractivity contribution in [1.82, 2.24) is 9.80 Å². The van der Waals surface area contributed by atoms with E-state index in [1.807, 2.05) is 0 Å². The molecule has 29 heavy (non-hydrogen) atoms. The Bertz CT molecular complexity index is 347. The van der Waals surface area contributed by atoms with Crippen molar-refractivity contribution in [3.63, 3.8) is 0 Å². The van der Waals surface area contributed by atoms with Gasteiger partial charge in [0.25, 0.3) is 0 Å². The average molecular weight is 429 g/mol. The Morgan fingerprint density at radius 1 is 0.552 bits per heavy atom. The van der Waals surface area contributed by atoms with Crippen LogP contribution in [0.4, 0.5) is 0 Å². The Hall–Kier alpha value is 0.210. The van der Waals surface area contributed by atoms with Crippen LogP contribution in [-0.4, -0.2) is 49.6 Å².